The summed E-state index contributed by atoms with van der Waals surface area (Å²) < 4.78 is 0. The van der Waals surface area contributed by atoms with Crippen LogP contribution < -0.4 is 0 Å². The summed E-state index contributed by atoms with van der Waals surface area (Å²) in [6.07, 6.45) is 7.01. The summed E-state index contributed by atoms with van der Waals surface area (Å²) in [6.45, 7) is 5.56. The molecule has 0 atom stereocenters. The van der Waals surface area contributed by atoms with Crippen molar-refractivity contribution in [2.75, 3.05) is 0 Å². The molecule has 0 fully saturated rings. The fourth-order valence-corrected chi connectivity index (χ4v) is 2.05. The van der Waals surface area contributed by atoms with Gasteiger partial charge in [-0.05, 0) is 29.3 Å². The van der Waals surface area contributed by atoms with E-state index in [1.54, 1.807) is 18.5 Å². The molecule has 3 heteroatoms. The summed E-state index contributed by atoms with van der Waals surface area (Å²) in [5.41, 5.74) is 5.07. The van der Waals surface area contributed by atoms with Crippen LogP contribution in [0.3, 0.4) is 0 Å². The van der Waals surface area contributed by atoms with Crippen molar-refractivity contribution in [3.8, 4) is 22.4 Å². The van der Waals surface area contributed by atoms with E-state index < -0.39 is 0 Å². The lowest BCUT2D eigenvalue weighted by atomic mass is 10.0. The van der Waals surface area contributed by atoms with E-state index in [0.717, 1.165) is 27.9 Å². The minimum absolute atomic E-state index is 0.913. The third kappa shape index (κ3) is 2.18. The molecule has 0 amide bonds. The van der Waals surface area contributed by atoms with Gasteiger partial charge in [-0.1, -0.05) is 30.9 Å². The number of rotatable bonds is 3. The first-order valence-electron chi connectivity index (χ1n) is 5.98. The standard InChI is InChI=1S/C16H12N3/c1-2-12-4-3-5-14(10-12)15-11-18-19-16(15)13-6-8-17-9-7-13/h1-11H,(H,18,19). The van der Waals surface area contributed by atoms with Crippen LogP contribution >= 0.6 is 0 Å². The molecule has 0 spiro atoms. The minimum Gasteiger partial charge on any atom is -0.284 e. The van der Waals surface area contributed by atoms with Crippen LogP contribution in [0, 0.1) is 6.58 Å². The normalized spacial score (nSPS) is 10.3. The maximum atomic E-state index is 5.56. The van der Waals surface area contributed by atoms with E-state index in [0.29, 0.717) is 0 Å². The van der Waals surface area contributed by atoms with Crippen molar-refractivity contribution >= 4 is 6.08 Å². The van der Waals surface area contributed by atoms with Crippen molar-refractivity contribution in [2.45, 2.75) is 0 Å². The Kier molecular flexibility index (Phi) is 2.94. The van der Waals surface area contributed by atoms with Gasteiger partial charge >= 0.3 is 0 Å². The summed E-state index contributed by atoms with van der Waals surface area (Å²) >= 11 is 0. The van der Waals surface area contributed by atoms with Gasteiger partial charge in [-0.15, -0.1) is 0 Å². The highest BCUT2D eigenvalue weighted by Gasteiger charge is 2.10. The molecule has 0 aliphatic rings. The number of aromatic nitrogens is 3. The summed E-state index contributed by atoms with van der Waals surface area (Å²) in [7, 11) is 0. The fourth-order valence-electron chi connectivity index (χ4n) is 2.05. The Labute approximate surface area is 111 Å². The predicted molar refractivity (Wildman–Crippen MR) is 76.0 cm³/mol. The molecule has 0 saturated heterocycles. The van der Waals surface area contributed by atoms with Crippen LogP contribution in [0.15, 0.2) is 55.0 Å². The molecule has 3 aromatic rings. The molecule has 2 aromatic heterocycles. The highest BCUT2D eigenvalue weighted by atomic mass is 15.1. The van der Waals surface area contributed by atoms with Gasteiger partial charge in [0.1, 0.15) is 0 Å². The number of hydrogen-bond donors (Lipinski definition) is 1. The number of nitrogens with one attached hydrogen (secondary N) is 1. The number of pyridine rings is 1. The average molecular weight is 246 g/mol. The number of nitrogens with zero attached hydrogens (tertiary/aromatic N) is 2. The van der Waals surface area contributed by atoms with E-state index in [1.807, 2.05) is 42.6 Å². The van der Waals surface area contributed by atoms with Gasteiger partial charge in [0.05, 0.1) is 5.69 Å². The van der Waals surface area contributed by atoms with Crippen molar-refractivity contribution in [1.29, 1.82) is 0 Å². The van der Waals surface area contributed by atoms with Gasteiger partial charge in [-0.3, -0.25) is 10.1 Å². The minimum atomic E-state index is 0.913. The summed E-state index contributed by atoms with van der Waals surface area (Å²) in [5, 5.41) is 7.25. The third-order valence-electron chi connectivity index (χ3n) is 2.98. The molecule has 0 unspecified atom stereocenters. The number of hydrogen-bond acceptors (Lipinski definition) is 2. The predicted octanol–water partition coefficient (Wildman–Crippen LogP) is 3.58. The van der Waals surface area contributed by atoms with Crippen LogP contribution in [0.1, 0.15) is 5.56 Å². The Morgan fingerprint density at radius 3 is 2.68 bits per heavy atom. The second kappa shape index (κ2) is 4.90. The maximum absolute atomic E-state index is 5.56. The van der Waals surface area contributed by atoms with E-state index in [2.05, 4.69) is 15.2 Å². The number of aromatic amines is 1. The van der Waals surface area contributed by atoms with Gasteiger partial charge in [0.2, 0.25) is 0 Å². The Morgan fingerprint density at radius 2 is 1.89 bits per heavy atom. The zero-order valence-corrected chi connectivity index (χ0v) is 10.2. The molecule has 91 valence electrons. The molecule has 0 saturated carbocycles. The van der Waals surface area contributed by atoms with Crippen LogP contribution in [0.5, 0.6) is 0 Å². The summed E-state index contributed by atoms with van der Waals surface area (Å²) in [6, 6.07) is 11.9. The van der Waals surface area contributed by atoms with Crippen molar-refractivity contribution in [1.82, 2.24) is 15.2 Å². The molecule has 1 aromatic carbocycles. The van der Waals surface area contributed by atoms with Crippen LogP contribution in [-0.4, -0.2) is 15.2 Å². The molecule has 3 nitrogen and oxygen atoms in total. The van der Waals surface area contributed by atoms with E-state index >= 15 is 0 Å². The van der Waals surface area contributed by atoms with Gasteiger partial charge in [-0.25, -0.2) is 0 Å². The Morgan fingerprint density at radius 1 is 1.05 bits per heavy atom. The molecule has 3 rings (SSSR count). The topological polar surface area (TPSA) is 41.6 Å². The molecule has 0 aliphatic carbocycles. The molecular formula is C16H12N3. The van der Waals surface area contributed by atoms with Gasteiger partial charge in [-0.2, -0.15) is 5.10 Å². The molecule has 0 aliphatic heterocycles. The van der Waals surface area contributed by atoms with Crippen molar-refractivity contribution in [3.63, 3.8) is 0 Å². The van der Waals surface area contributed by atoms with Crippen molar-refractivity contribution in [3.05, 3.63) is 67.1 Å². The Balaban J connectivity index is 2.12. The first-order chi connectivity index (χ1) is 9.38. The van der Waals surface area contributed by atoms with Crippen LogP contribution in [0.25, 0.3) is 28.5 Å². The van der Waals surface area contributed by atoms with Crippen molar-refractivity contribution in [2.24, 2.45) is 0 Å². The lowest BCUT2D eigenvalue weighted by molar-refractivity contribution is 1.09. The zero-order valence-electron chi connectivity index (χ0n) is 10.2. The van der Waals surface area contributed by atoms with Crippen LogP contribution in [0.2, 0.25) is 0 Å². The number of benzene rings is 1. The molecule has 1 N–H and O–H groups in total. The molecule has 1 radical (unpaired) electrons. The summed E-state index contributed by atoms with van der Waals surface area (Å²) in [4.78, 5) is 4.03. The molecule has 0 bridgehead atoms. The second-order valence-corrected chi connectivity index (χ2v) is 4.18. The first-order valence-corrected chi connectivity index (χ1v) is 5.98. The highest BCUT2D eigenvalue weighted by molar-refractivity contribution is 5.80. The third-order valence-corrected chi connectivity index (χ3v) is 2.98. The van der Waals surface area contributed by atoms with Crippen LogP contribution in [-0.2, 0) is 0 Å². The smallest absolute Gasteiger partial charge is 0.1000 e. The second-order valence-electron chi connectivity index (χ2n) is 4.18. The van der Waals surface area contributed by atoms with E-state index in [9.17, 15) is 0 Å². The largest absolute Gasteiger partial charge is 0.284 e. The lowest BCUT2D eigenvalue weighted by Crippen LogP contribution is -1.84. The van der Waals surface area contributed by atoms with Gasteiger partial charge in [0.15, 0.2) is 0 Å². The van der Waals surface area contributed by atoms with Crippen molar-refractivity contribution < 1.29 is 0 Å². The Hall–Kier alpha value is -2.68. The number of H-pyrrole nitrogens is 1. The molecular weight excluding hydrogens is 234 g/mol. The highest BCUT2D eigenvalue weighted by Crippen LogP contribution is 2.30. The average Bonchev–Trinajstić information content (AvgIpc) is 2.98. The molecule has 19 heavy (non-hydrogen) atoms. The zero-order chi connectivity index (χ0) is 13.1. The SMILES string of the molecule is [CH]=Cc1cccc(-c2c[nH]nc2-c2ccncc2)c1. The van der Waals surface area contributed by atoms with Gasteiger partial charge < -0.3 is 0 Å². The fraction of sp³-hybridized carbons (Fsp3) is 0. The monoisotopic (exact) mass is 246 g/mol. The quantitative estimate of drug-likeness (QED) is 0.767. The van der Waals surface area contributed by atoms with Crippen LogP contribution in [0.4, 0.5) is 0 Å². The lowest BCUT2D eigenvalue weighted by Gasteiger charge is -2.03. The summed E-state index contributed by atoms with van der Waals surface area (Å²) in [5.74, 6) is 0. The maximum Gasteiger partial charge on any atom is 0.1000 e. The van der Waals surface area contributed by atoms with E-state index in [1.165, 1.54) is 0 Å². The molecule has 2 heterocycles. The van der Waals surface area contributed by atoms with Gasteiger partial charge in [0.25, 0.3) is 0 Å². The van der Waals surface area contributed by atoms with E-state index in [-0.39, 0.29) is 0 Å². The Bertz CT molecular complexity index is 699. The van der Waals surface area contributed by atoms with Gasteiger partial charge in [0, 0.05) is 29.7 Å². The van der Waals surface area contributed by atoms with E-state index in [4.69, 9.17) is 6.58 Å². The first kappa shape index (κ1) is 11.4.